The van der Waals surface area contributed by atoms with E-state index in [2.05, 4.69) is 15.3 Å². The zero-order valence-electron chi connectivity index (χ0n) is 11.4. The smallest absolute Gasteiger partial charge is 0.138 e. The maximum Gasteiger partial charge on any atom is 0.138 e. The lowest BCUT2D eigenvalue weighted by atomic mass is 10.2. The van der Waals surface area contributed by atoms with Crippen molar-refractivity contribution in [3.63, 3.8) is 0 Å². The molecule has 0 atom stereocenters. The summed E-state index contributed by atoms with van der Waals surface area (Å²) < 4.78 is 0. The first-order valence-electron chi connectivity index (χ1n) is 6.62. The van der Waals surface area contributed by atoms with E-state index in [9.17, 15) is 0 Å². The standard InChI is InChI=1S/C15H15Cl2N3/c1-8-11(16)4-3-5-12(8)18-14-9(2)13(17)19-15(20-14)10-6-7-10/h3-5,10H,6-7H2,1-2H3,(H,18,19,20). The van der Waals surface area contributed by atoms with Gasteiger partial charge in [-0.1, -0.05) is 29.3 Å². The number of benzene rings is 1. The molecule has 20 heavy (non-hydrogen) atoms. The number of rotatable bonds is 3. The van der Waals surface area contributed by atoms with Gasteiger partial charge < -0.3 is 5.32 Å². The highest BCUT2D eigenvalue weighted by atomic mass is 35.5. The van der Waals surface area contributed by atoms with Gasteiger partial charge in [0.15, 0.2) is 0 Å². The fourth-order valence-electron chi connectivity index (χ4n) is 2.02. The molecule has 1 fully saturated rings. The summed E-state index contributed by atoms with van der Waals surface area (Å²) in [6, 6.07) is 5.77. The number of hydrogen-bond acceptors (Lipinski definition) is 3. The summed E-state index contributed by atoms with van der Waals surface area (Å²) in [5.41, 5.74) is 2.80. The summed E-state index contributed by atoms with van der Waals surface area (Å²) in [5, 5.41) is 4.57. The SMILES string of the molecule is Cc1c(Cl)cccc1Nc1nc(C2CC2)nc(Cl)c1C. The fraction of sp³-hybridized carbons (Fsp3) is 0.333. The van der Waals surface area contributed by atoms with Gasteiger partial charge in [-0.25, -0.2) is 9.97 Å². The molecule has 2 aromatic rings. The van der Waals surface area contributed by atoms with Crippen molar-refractivity contribution >= 4 is 34.7 Å². The summed E-state index contributed by atoms with van der Waals surface area (Å²) >= 11 is 12.4. The number of nitrogens with one attached hydrogen (secondary N) is 1. The minimum atomic E-state index is 0.467. The van der Waals surface area contributed by atoms with Gasteiger partial charge in [-0.2, -0.15) is 0 Å². The van der Waals surface area contributed by atoms with Crippen LogP contribution in [0.1, 0.15) is 35.7 Å². The Hall–Kier alpha value is -1.32. The molecule has 0 bridgehead atoms. The lowest BCUT2D eigenvalue weighted by Gasteiger charge is -2.13. The molecular formula is C15H15Cl2N3. The van der Waals surface area contributed by atoms with Gasteiger partial charge in [-0.3, -0.25) is 0 Å². The molecule has 1 heterocycles. The quantitative estimate of drug-likeness (QED) is 0.809. The van der Waals surface area contributed by atoms with Crippen LogP contribution < -0.4 is 5.32 Å². The summed E-state index contributed by atoms with van der Waals surface area (Å²) in [6.45, 7) is 3.89. The minimum Gasteiger partial charge on any atom is -0.340 e. The van der Waals surface area contributed by atoms with E-state index in [4.69, 9.17) is 23.2 Å². The summed E-state index contributed by atoms with van der Waals surface area (Å²) in [7, 11) is 0. The van der Waals surface area contributed by atoms with Crippen LogP contribution in [0.5, 0.6) is 0 Å². The zero-order chi connectivity index (χ0) is 14.3. The van der Waals surface area contributed by atoms with Crippen LogP contribution >= 0.6 is 23.2 Å². The second-order valence-corrected chi connectivity index (χ2v) is 5.92. The van der Waals surface area contributed by atoms with Gasteiger partial charge in [-0.15, -0.1) is 0 Å². The monoisotopic (exact) mass is 307 g/mol. The van der Waals surface area contributed by atoms with Gasteiger partial charge in [0.1, 0.15) is 16.8 Å². The van der Waals surface area contributed by atoms with Gasteiger partial charge in [0.05, 0.1) is 0 Å². The molecule has 1 aliphatic carbocycles. The van der Waals surface area contributed by atoms with Crippen molar-refractivity contribution < 1.29 is 0 Å². The van der Waals surface area contributed by atoms with Crippen molar-refractivity contribution in [2.24, 2.45) is 0 Å². The Balaban J connectivity index is 1.99. The van der Waals surface area contributed by atoms with E-state index in [0.29, 0.717) is 11.1 Å². The first kappa shape index (κ1) is 13.7. The second kappa shape index (κ2) is 5.23. The third-order valence-corrected chi connectivity index (χ3v) is 4.34. The van der Waals surface area contributed by atoms with Crippen LogP contribution in [0.15, 0.2) is 18.2 Å². The van der Waals surface area contributed by atoms with Gasteiger partial charge in [0.25, 0.3) is 0 Å². The molecule has 0 aliphatic heterocycles. The Labute approximate surface area is 128 Å². The third-order valence-electron chi connectivity index (χ3n) is 3.57. The molecule has 1 aliphatic rings. The van der Waals surface area contributed by atoms with Crippen molar-refractivity contribution in [3.8, 4) is 0 Å². The van der Waals surface area contributed by atoms with E-state index in [1.54, 1.807) is 0 Å². The van der Waals surface area contributed by atoms with Crippen molar-refractivity contribution in [2.75, 3.05) is 5.32 Å². The predicted molar refractivity (Wildman–Crippen MR) is 83.2 cm³/mol. The molecule has 1 saturated carbocycles. The summed E-state index contributed by atoms with van der Waals surface area (Å²) in [5.74, 6) is 2.06. The first-order valence-corrected chi connectivity index (χ1v) is 7.38. The Morgan fingerprint density at radius 1 is 1.10 bits per heavy atom. The van der Waals surface area contributed by atoms with Crippen LogP contribution in [0.3, 0.4) is 0 Å². The fourth-order valence-corrected chi connectivity index (χ4v) is 2.37. The number of halogens is 2. The molecular weight excluding hydrogens is 293 g/mol. The maximum atomic E-state index is 6.21. The van der Waals surface area contributed by atoms with E-state index in [1.165, 1.54) is 0 Å². The number of anilines is 2. The zero-order valence-corrected chi connectivity index (χ0v) is 12.9. The Kier molecular flexibility index (Phi) is 3.57. The summed E-state index contributed by atoms with van der Waals surface area (Å²) in [6.07, 6.45) is 2.30. The molecule has 104 valence electrons. The maximum absolute atomic E-state index is 6.21. The highest BCUT2D eigenvalue weighted by molar-refractivity contribution is 6.31. The highest BCUT2D eigenvalue weighted by Gasteiger charge is 2.28. The van der Waals surface area contributed by atoms with Crippen LogP contribution in [-0.2, 0) is 0 Å². The normalized spacial score (nSPS) is 14.4. The first-order chi connectivity index (χ1) is 9.56. The molecule has 1 N–H and O–H groups in total. The molecule has 0 saturated heterocycles. The van der Waals surface area contributed by atoms with Crippen LogP contribution in [0.25, 0.3) is 0 Å². The van der Waals surface area contributed by atoms with Crippen LogP contribution in [0.2, 0.25) is 10.2 Å². The van der Waals surface area contributed by atoms with E-state index >= 15 is 0 Å². The third kappa shape index (κ3) is 2.60. The lowest BCUT2D eigenvalue weighted by Crippen LogP contribution is -2.04. The second-order valence-electron chi connectivity index (χ2n) is 5.16. The van der Waals surface area contributed by atoms with E-state index in [1.807, 2.05) is 32.0 Å². The van der Waals surface area contributed by atoms with Gasteiger partial charge in [0, 0.05) is 22.2 Å². The van der Waals surface area contributed by atoms with Crippen molar-refractivity contribution in [1.82, 2.24) is 9.97 Å². The van der Waals surface area contributed by atoms with Crippen LogP contribution in [-0.4, -0.2) is 9.97 Å². The number of nitrogens with zero attached hydrogens (tertiary/aromatic N) is 2. The van der Waals surface area contributed by atoms with Crippen molar-refractivity contribution in [2.45, 2.75) is 32.6 Å². The molecule has 0 spiro atoms. The van der Waals surface area contributed by atoms with Crippen LogP contribution in [0, 0.1) is 13.8 Å². The topological polar surface area (TPSA) is 37.8 Å². The highest BCUT2D eigenvalue weighted by Crippen LogP contribution is 2.40. The molecule has 3 rings (SSSR count). The number of hydrogen-bond donors (Lipinski definition) is 1. The van der Waals surface area contributed by atoms with E-state index in [-0.39, 0.29) is 0 Å². The molecule has 0 unspecified atom stereocenters. The lowest BCUT2D eigenvalue weighted by molar-refractivity contribution is 0.921. The average molecular weight is 308 g/mol. The molecule has 0 radical (unpaired) electrons. The Morgan fingerprint density at radius 3 is 2.55 bits per heavy atom. The molecule has 1 aromatic heterocycles. The van der Waals surface area contributed by atoms with Gasteiger partial charge >= 0.3 is 0 Å². The largest absolute Gasteiger partial charge is 0.340 e. The van der Waals surface area contributed by atoms with Crippen molar-refractivity contribution in [1.29, 1.82) is 0 Å². The molecule has 0 amide bonds. The Bertz CT molecular complexity index is 666. The van der Waals surface area contributed by atoms with Gasteiger partial charge in [-0.05, 0) is 44.4 Å². The molecule has 1 aromatic carbocycles. The summed E-state index contributed by atoms with van der Waals surface area (Å²) in [4.78, 5) is 8.98. The van der Waals surface area contributed by atoms with Crippen LogP contribution in [0.4, 0.5) is 11.5 Å². The predicted octanol–water partition coefficient (Wildman–Crippen LogP) is 5.02. The van der Waals surface area contributed by atoms with E-state index in [0.717, 1.165) is 46.3 Å². The van der Waals surface area contributed by atoms with E-state index < -0.39 is 0 Å². The Morgan fingerprint density at radius 2 is 1.85 bits per heavy atom. The minimum absolute atomic E-state index is 0.467. The number of aromatic nitrogens is 2. The molecule has 5 heteroatoms. The van der Waals surface area contributed by atoms with Crippen molar-refractivity contribution in [3.05, 3.63) is 45.3 Å². The average Bonchev–Trinajstić information content (AvgIpc) is 3.24. The molecule has 3 nitrogen and oxygen atoms in total. The van der Waals surface area contributed by atoms with Gasteiger partial charge in [0.2, 0.25) is 0 Å².